The van der Waals surface area contributed by atoms with E-state index < -0.39 is 0 Å². The third-order valence-electron chi connectivity index (χ3n) is 3.05. The fourth-order valence-electron chi connectivity index (χ4n) is 1.83. The van der Waals surface area contributed by atoms with Crippen molar-refractivity contribution in [1.29, 1.82) is 0 Å². The zero-order valence-corrected chi connectivity index (χ0v) is 11.4. The molecule has 0 saturated heterocycles. The Morgan fingerprint density at radius 2 is 2.06 bits per heavy atom. The fraction of sp³-hybridized carbons (Fsp3) is 0.833. The van der Waals surface area contributed by atoms with Crippen LogP contribution in [0.15, 0.2) is 4.52 Å². The zero-order valence-electron chi connectivity index (χ0n) is 11.4. The zero-order chi connectivity index (χ0) is 12.8. The lowest BCUT2D eigenvalue weighted by Crippen LogP contribution is -2.28. The molecule has 0 bridgehead atoms. The van der Waals surface area contributed by atoms with Gasteiger partial charge in [-0.05, 0) is 34.2 Å². The van der Waals surface area contributed by atoms with Crippen molar-refractivity contribution in [3.05, 3.63) is 11.7 Å². The maximum absolute atomic E-state index is 5.44. The van der Waals surface area contributed by atoms with E-state index in [1.54, 1.807) is 0 Å². The maximum Gasteiger partial charge on any atom is 0.231 e. The number of rotatable bonds is 7. The normalized spacial score (nSPS) is 16.8. The summed E-state index contributed by atoms with van der Waals surface area (Å²) in [6.07, 6.45) is 0.854. The largest absolute Gasteiger partial charge is 0.371 e. The SMILES string of the molecule is CCOC(C)c1noc(C(CC)C(C)NC)n1. The summed E-state index contributed by atoms with van der Waals surface area (Å²) in [6.45, 7) is 8.77. The third-order valence-corrected chi connectivity index (χ3v) is 3.05. The number of ether oxygens (including phenoxy) is 1. The average Bonchev–Trinajstić information content (AvgIpc) is 2.79. The Kier molecular flexibility index (Phi) is 5.58. The van der Waals surface area contributed by atoms with Crippen molar-refractivity contribution < 1.29 is 9.26 Å². The highest BCUT2D eigenvalue weighted by atomic mass is 16.5. The molecular weight excluding hydrogens is 218 g/mol. The van der Waals surface area contributed by atoms with Crippen LogP contribution in [0.3, 0.4) is 0 Å². The van der Waals surface area contributed by atoms with Crippen LogP contribution in [-0.4, -0.2) is 29.8 Å². The quantitative estimate of drug-likeness (QED) is 0.793. The molecule has 98 valence electrons. The van der Waals surface area contributed by atoms with Gasteiger partial charge in [-0.25, -0.2) is 0 Å². The fourth-order valence-corrected chi connectivity index (χ4v) is 1.83. The van der Waals surface area contributed by atoms with Gasteiger partial charge in [-0.1, -0.05) is 12.1 Å². The summed E-state index contributed by atoms with van der Waals surface area (Å²) >= 11 is 0. The number of nitrogens with one attached hydrogen (secondary N) is 1. The third kappa shape index (κ3) is 3.51. The predicted molar refractivity (Wildman–Crippen MR) is 65.9 cm³/mol. The molecule has 0 aliphatic carbocycles. The van der Waals surface area contributed by atoms with Crippen molar-refractivity contribution in [2.24, 2.45) is 0 Å². The van der Waals surface area contributed by atoms with Gasteiger partial charge in [0.25, 0.3) is 0 Å². The predicted octanol–water partition coefficient (Wildman–Crippen LogP) is 2.27. The Balaban J connectivity index is 2.78. The smallest absolute Gasteiger partial charge is 0.231 e. The molecule has 0 amide bonds. The standard InChI is InChI=1S/C12H23N3O2/c1-6-10(8(3)13-5)12-14-11(15-17-12)9(4)16-7-2/h8-10,13H,6-7H2,1-5H3. The Morgan fingerprint density at radius 1 is 1.35 bits per heavy atom. The first-order chi connectivity index (χ1) is 8.13. The molecule has 17 heavy (non-hydrogen) atoms. The van der Waals surface area contributed by atoms with Crippen LogP contribution in [0, 0.1) is 0 Å². The molecule has 0 spiro atoms. The second-order valence-electron chi connectivity index (χ2n) is 4.18. The van der Waals surface area contributed by atoms with Gasteiger partial charge in [-0.3, -0.25) is 0 Å². The van der Waals surface area contributed by atoms with Crippen LogP contribution in [0.5, 0.6) is 0 Å². The van der Waals surface area contributed by atoms with Gasteiger partial charge < -0.3 is 14.6 Å². The molecule has 1 heterocycles. The van der Waals surface area contributed by atoms with Crippen molar-refractivity contribution in [3.63, 3.8) is 0 Å². The van der Waals surface area contributed by atoms with E-state index in [-0.39, 0.29) is 12.0 Å². The minimum Gasteiger partial charge on any atom is -0.371 e. The molecule has 0 radical (unpaired) electrons. The van der Waals surface area contributed by atoms with Crippen LogP contribution in [0.4, 0.5) is 0 Å². The van der Waals surface area contributed by atoms with Crippen LogP contribution in [-0.2, 0) is 4.74 Å². The molecule has 3 unspecified atom stereocenters. The second kappa shape index (κ2) is 6.71. The van der Waals surface area contributed by atoms with E-state index in [0.29, 0.717) is 24.4 Å². The summed E-state index contributed by atoms with van der Waals surface area (Å²) in [5.74, 6) is 1.56. The second-order valence-corrected chi connectivity index (χ2v) is 4.18. The summed E-state index contributed by atoms with van der Waals surface area (Å²) in [6, 6.07) is 0.315. The Bertz CT molecular complexity index is 327. The number of hydrogen-bond acceptors (Lipinski definition) is 5. The monoisotopic (exact) mass is 241 g/mol. The molecule has 3 atom stereocenters. The Labute approximate surface area is 103 Å². The summed E-state index contributed by atoms with van der Waals surface area (Å²) < 4.78 is 10.8. The first-order valence-corrected chi connectivity index (χ1v) is 6.26. The molecule has 1 rings (SSSR count). The molecule has 1 N–H and O–H groups in total. The minimum atomic E-state index is -0.111. The van der Waals surface area contributed by atoms with E-state index in [1.807, 2.05) is 20.9 Å². The van der Waals surface area contributed by atoms with Crippen LogP contribution >= 0.6 is 0 Å². The molecule has 1 aromatic rings. The van der Waals surface area contributed by atoms with Gasteiger partial charge in [0, 0.05) is 12.6 Å². The van der Waals surface area contributed by atoms with Crippen molar-refractivity contribution in [1.82, 2.24) is 15.5 Å². The first kappa shape index (κ1) is 14.1. The number of aromatic nitrogens is 2. The summed E-state index contributed by atoms with van der Waals surface area (Å²) in [7, 11) is 1.94. The summed E-state index contributed by atoms with van der Waals surface area (Å²) in [5.41, 5.74) is 0. The molecular formula is C12H23N3O2. The van der Waals surface area contributed by atoms with Gasteiger partial charge in [0.05, 0.1) is 5.92 Å². The lowest BCUT2D eigenvalue weighted by molar-refractivity contribution is 0.0683. The van der Waals surface area contributed by atoms with Crippen molar-refractivity contribution in [3.8, 4) is 0 Å². The lowest BCUT2D eigenvalue weighted by atomic mass is 9.98. The van der Waals surface area contributed by atoms with Crippen LogP contribution in [0.2, 0.25) is 0 Å². The van der Waals surface area contributed by atoms with E-state index >= 15 is 0 Å². The molecule has 0 aliphatic heterocycles. The Morgan fingerprint density at radius 3 is 2.59 bits per heavy atom. The molecule has 5 heteroatoms. The molecule has 0 fully saturated rings. The van der Waals surface area contributed by atoms with Crippen LogP contribution in [0.25, 0.3) is 0 Å². The van der Waals surface area contributed by atoms with E-state index in [4.69, 9.17) is 9.26 Å². The first-order valence-electron chi connectivity index (χ1n) is 6.26. The number of likely N-dealkylation sites (N-methyl/N-ethyl adjacent to an activating group) is 1. The van der Waals surface area contributed by atoms with Crippen molar-refractivity contribution in [2.45, 2.75) is 52.2 Å². The maximum atomic E-state index is 5.44. The van der Waals surface area contributed by atoms with Gasteiger partial charge >= 0.3 is 0 Å². The van der Waals surface area contributed by atoms with Crippen molar-refractivity contribution >= 4 is 0 Å². The topological polar surface area (TPSA) is 60.2 Å². The number of hydrogen-bond donors (Lipinski definition) is 1. The Hall–Kier alpha value is -0.940. The highest BCUT2D eigenvalue weighted by Gasteiger charge is 2.24. The van der Waals surface area contributed by atoms with Gasteiger partial charge in [0.15, 0.2) is 5.82 Å². The van der Waals surface area contributed by atoms with Gasteiger partial charge in [-0.2, -0.15) is 4.98 Å². The lowest BCUT2D eigenvalue weighted by Gasteiger charge is -2.17. The van der Waals surface area contributed by atoms with Crippen LogP contribution < -0.4 is 5.32 Å². The highest BCUT2D eigenvalue weighted by molar-refractivity contribution is 4.99. The minimum absolute atomic E-state index is 0.111. The molecule has 0 saturated carbocycles. The van der Waals surface area contributed by atoms with E-state index in [2.05, 4.69) is 29.3 Å². The van der Waals surface area contributed by atoms with Crippen molar-refractivity contribution in [2.75, 3.05) is 13.7 Å². The summed E-state index contributed by atoms with van der Waals surface area (Å²) in [4.78, 5) is 4.43. The van der Waals surface area contributed by atoms with E-state index in [9.17, 15) is 0 Å². The number of nitrogens with zero attached hydrogens (tertiary/aromatic N) is 2. The summed E-state index contributed by atoms with van der Waals surface area (Å²) in [5, 5.41) is 7.20. The van der Waals surface area contributed by atoms with Gasteiger partial charge in [-0.15, -0.1) is 0 Å². The average molecular weight is 241 g/mol. The van der Waals surface area contributed by atoms with E-state index in [0.717, 1.165) is 6.42 Å². The highest BCUT2D eigenvalue weighted by Crippen LogP contribution is 2.23. The van der Waals surface area contributed by atoms with E-state index in [1.165, 1.54) is 0 Å². The molecule has 1 aromatic heterocycles. The van der Waals surface area contributed by atoms with Gasteiger partial charge in [0.1, 0.15) is 6.10 Å². The molecule has 0 aromatic carbocycles. The molecule has 5 nitrogen and oxygen atoms in total. The molecule has 0 aliphatic rings. The van der Waals surface area contributed by atoms with Gasteiger partial charge in [0.2, 0.25) is 5.89 Å². The van der Waals surface area contributed by atoms with Crippen LogP contribution in [0.1, 0.15) is 57.9 Å².